The molecule has 2 aliphatic rings. The van der Waals surface area contributed by atoms with Crippen molar-refractivity contribution in [1.82, 2.24) is 30.2 Å². The van der Waals surface area contributed by atoms with Crippen LogP contribution in [0.4, 0.5) is 5.82 Å². The van der Waals surface area contributed by atoms with Crippen LogP contribution in [-0.4, -0.2) is 78.7 Å². The van der Waals surface area contributed by atoms with Crippen LogP contribution in [0.25, 0.3) is 11.2 Å². The van der Waals surface area contributed by atoms with E-state index in [1.54, 1.807) is 16.3 Å². The van der Waals surface area contributed by atoms with Gasteiger partial charge in [-0.2, -0.15) is 11.8 Å². The van der Waals surface area contributed by atoms with Crippen molar-refractivity contribution in [1.29, 1.82) is 0 Å². The van der Waals surface area contributed by atoms with E-state index >= 15 is 0 Å². The SMILES string of the molecule is Nc1ncnc2c1ncn2[C@@H]1O[C@H](CSCCCCCCNCC2Cc3ccccc3CN2)[C@@H](O)[C@H]1O. The number of ether oxygens (including phenoxy) is 1. The summed E-state index contributed by atoms with van der Waals surface area (Å²) >= 11 is 1.75. The van der Waals surface area contributed by atoms with Crippen molar-refractivity contribution in [3.63, 3.8) is 0 Å². The molecule has 5 rings (SSSR count). The highest BCUT2D eigenvalue weighted by Crippen LogP contribution is 2.33. The average molecular weight is 528 g/mol. The number of aliphatic hydroxyl groups is 2. The Bertz CT molecular complexity index is 1160. The quantitative estimate of drug-likeness (QED) is 0.221. The fraction of sp³-hybridized carbons (Fsp3) is 0.577. The molecule has 200 valence electrons. The monoisotopic (exact) mass is 527 g/mol. The Balaban J connectivity index is 0.935. The van der Waals surface area contributed by atoms with Gasteiger partial charge in [-0.1, -0.05) is 37.1 Å². The van der Waals surface area contributed by atoms with Crippen LogP contribution < -0.4 is 16.4 Å². The fourth-order valence-electron chi connectivity index (χ4n) is 5.10. The van der Waals surface area contributed by atoms with Crippen molar-refractivity contribution in [3.05, 3.63) is 48.0 Å². The van der Waals surface area contributed by atoms with Crippen LogP contribution in [0.3, 0.4) is 0 Å². The predicted octanol–water partition coefficient (Wildman–Crippen LogP) is 1.63. The number of anilines is 1. The third kappa shape index (κ3) is 6.24. The van der Waals surface area contributed by atoms with Gasteiger partial charge in [-0.05, 0) is 42.7 Å². The van der Waals surface area contributed by atoms with Crippen LogP contribution in [0.15, 0.2) is 36.9 Å². The van der Waals surface area contributed by atoms with Crippen molar-refractivity contribution < 1.29 is 14.9 Å². The standard InChI is InChI=1S/C26H37N7O3S/c27-24-21-25(31-15-30-24)33(16-32-21)26-23(35)22(34)20(36-26)14-37-10-6-2-1-5-9-28-13-19-11-17-7-3-4-8-18(17)12-29-19/h3-4,7-8,15-16,19-20,22-23,26,28-29,34-35H,1-2,5-6,9-14H2,(H2,27,30,31)/t19?,20-,22-,23-,26-/m1/s1. The molecule has 10 nitrogen and oxygen atoms in total. The Morgan fingerprint density at radius 1 is 1.08 bits per heavy atom. The third-order valence-electron chi connectivity index (χ3n) is 7.23. The summed E-state index contributed by atoms with van der Waals surface area (Å²) in [6.45, 7) is 3.02. The Labute approximate surface area is 221 Å². The molecule has 0 aliphatic carbocycles. The number of fused-ring (bicyclic) bond motifs is 2. The van der Waals surface area contributed by atoms with Crippen LogP contribution in [0.1, 0.15) is 43.0 Å². The molecule has 11 heteroatoms. The van der Waals surface area contributed by atoms with E-state index in [0.717, 1.165) is 38.2 Å². The Morgan fingerprint density at radius 3 is 2.81 bits per heavy atom. The molecule has 0 saturated carbocycles. The largest absolute Gasteiger partial charge is 0.387 e. The van der Waals surface area contributed by atoms with E-state index in [4.69, 9.17) is 10.5 Å². The van der Waals surface area contributed by atoms with Crippen molar-refractivity contribution in [2.75, 3.05) is 30.3 Å². The Hall–Kier alpha value is -2.28. The lowest BCUT2D eigenvalue weighted by atomic mass is 9.96. The van der Waals surface area contributed by atoms with Crippen molar-refractivity contribution in [2.24, 2.45) is 0 Å². The molecule has 6 N–H and O–H groups in total. The number of aromatic nitrogens is 4. The second-order valence-electron chi connectivity index (χ2n) is 9.87. The maximum Gasteiger partial charge on any atom is 0.167 e. The molecular weight excluding hydrogens is 490 g/mol. The summed E-state index contributed by atoms with van der Waals surface area (Å²) in [7, 11) is 0. The number of nitrogens with zero attached hydrogens (tertiary/aromatic N) is 4. The number of unbranched alkanes of at least 4 members (excludes halogenated alkanes) is 3. The van der Waals surface area contributed by atoms with Crippen LogP contribution >= 0.6 is 11.8 Å². The molecule has 0 amide bonds. The number of nitrogens with two attached hydrogens (primary N) is 1. The number of rotatable bonds is 12. The lowest BCUT2D eigenvalue weighted by molar-refractivity contribution is -0.0289. The predicted molar refractivity (Wildman–Crippen MR) is 145 cm³/mol. The van der Waals surface area contributed by atoms with Gasteiger partial charge in [0.15, 0.2) is 17.7 Å². The number of benzene rings is 1. The number of aliphatic hydroxyl groups excluding tert-OH is 2. The first-order chi connectivity index (χ1) is 18.1. The van der Waals surface area contributed by atoms with Gasteiger partial charge in [0.25, 0.3) is 0 Å². The smallest absolute Gasteiger partial charge is 0.167 e. The number of nitrogens with one attached hydrogen (secondary N) is 2. The summed E-state index contributed by atoms with van der Waals surface area (Å²) < 4.78 is 7.62. The van der Waals surface area contributed by atoms with Crippen molar-refractivity contribution >= 4 is 28.7 Å². The number of hydrogen-bond donors (Lipinski definition) is 5. The van der Waals surface area contributed by atoms with Gasteiger partial charge in [-0.3, -0.25) is 4.57 Å². The normalized spacial score (nSPS) is 25.5. The zero-order valence-corrected chi connectivity index (χ0v) is 21.8. The summed E-state index contributed by atoms with van der Waals surface area (Å²) in [4.78, 5) is 12.4. The molecule has 0 spiro atoms. The highest BCUT2D eigenvalue weighted by Gasteiger charge is 2.44. The van der Waals surface area contributed by atoms with E-state index in [1.165, 1.54) is 43.0 Å². The van der Waals surface area contributed by atoms with Gasteiger partial charge in [0.1, 0.15) is 24.1 Å². The van der Waals surface area contributed by atoms with Gasteiger partial charge in [-0.15, -0.1) is 0 Å². The maximum atomic E-state index is 10.6. The van der Waals surface area contributed by atoms with Crippen molar-refractivity contribution in [3.8, 4) is 0 Å². The van der Waals surface area contributed by atoms with E-state index in [1.807, 2.05) is 0 Å². The van der Waals surface area contributed by atoms with E-state index in [0.29, 0.717) is 23.0 Å². The highest BCUT2D eigenvalue weighted by atomic mass is 32.2. The van der Waals surface area contributed by atoms with Gasteiger partial charge < -0.3 is 31.3 Å². The van der Waals surface area contributed by atoms with E-state index in [9.17, 15) is 10.2 Å². The minimum Gasteiger partial charge on any atom is -0.387 e. The molecule has 37 heavy (non-hydrogen) atoms. The van der Waals surface area contributed by atoms with Crippen LogP contribution in [-0.2, 0) is 17.7 Å². The van der Waals surface area contributed by atoms with E-state index in [2.05, 4.69) is 49.9 Å². The maximum absolute atomic E-state index is 10.6. The average Bonchev–Trinajstić information content (AvgIpc) is 3.47. The molecular formula is C26H37N7O3S. The second kappa shape index (κ2) is 12.5. The molecule has 1 aromatic carbocycles. The molecule has 2 aromatic heterocycles. The lowest BCUT2D eigenvalue weighted by Crippen LogP contribution is -2.43. The molecule has 3 aromatic rings. The summed E-state index contributed by atoms with van der Waals surface area (Å²) in [5.74, 6) is 1.90. The van der Waals surface area contributed by atoms with Crippen LogP contribution in [0.2, 0.25) is 0 Å². The zero-order valence-electron chi connectivity index (χ0n) is 21.0. The molecule has 4 heterocycles. The van der Waals surface area contributed by atoms with Gasteiger partial charge >= 0.3 is 0 Å². The number of imidazole rings is 1. The minimum atomic E-state index is -1.06. The van der Waals surface area contributed by atoms with Gasteiger partial charge in [-0.25, -0.2) is 15.0 Å². The second-order valence-corrected chi connectivity index (χ2v) is 11.0. The first kappa shape index (κ1) is 26.3. The summed E-state index contributed by atoms with van der Waals surface area (Å²) in [6.07, 6.45) is 5.42. The molecule has 5 atom stereocenters. The topological polar surface area (TPSA) is 143 Å². The molecule has 1 unspecified atom stereocenters. The summed E-state index contributed by atoms with van der Waals surface area (Å²) in [5.41, 5.74) is 9.69. The van der Waals surface area contributed by atoms with Crippen LogP contribution in [0.5, 0.6) is 0 Å². The molecule has 0 bridgehead atoms. The fourth-order valence-corrected chi connectivity index (χ4v) is 6.18. The first-order valence-corrected chi connectivity index (χ1v) is 14.3. The first-order valence-electron chi connectivity index (χ1n) is 13.1. The number of thioether (sulfide) groups is 1. The summed E-state index contributed by atoms with van der Waals surface area (Å²) in [6, 6.07) is 9.21. The zero-order chi connectivity index (χ0) is 25.6. The van der Waals surface area contributed by atoms with E-state index in [-0.39, 0.29) is 5.82 Å². The minimum absolute atomic E-state index is 0.270. The Kier molecular flexibility index (Phi) is 8.90. The molecule has 2 aliphatic heterocycles. The third-order valence-corrected chi connectivity index (χ3v) is 8.37. The van der Waals surface area contributed by atoms with Gasteiger partial charge in [0.2, 0.25) is 0 Å². The van der Waals surface area contributed by atoms with Gasteiger partial charge in [0, 0.05) is 24.9 Å². The highest BCUT2D eigenvalue weighted by molar-refractivity contribution is 7.99. The molecule has 1 fully saturated rings. The summed E-state index contributed by atoms with van der Waals surface area (Å²) in [5, 5.41) is 28.3. The number of hydrogen-bond acceptors (Lipinski definition) is 10. The van der Waals surface area contributed by atoms with Gasteiger partial charge in [0.05, 0.1) is 12.4 Å². The Morgan fingerprint density at radius 2 is 1.92 bits per heavy atom. The molecule has 1 saturated heterocycles. The van der Waals surface area contributed by atoms with Crippen LogP contribution in [0, 0.1) is 0 Å². The lowest BCUT2D eigenvalue weighted by Gasteiger charge is -2.26. The molecule has 0 radical (unpaired) electrons. The van der Waals surface area contributed by atoms with Crippen molar-refractivity contribution in [2.45, 2.75) is 69.2 Å². The number of nitrogen functional groups attached to an aromatic ring is 1. The van der Waals surface area contributed by atoms with E-state index < -0.39 is 24.5 Å².